The van der Waals surface area contributed by atoms with Crippen LogP contribution in [0.2, 0.25) is 0 Å². The van der Waals surface area contributed by atoms with Crippen molar-refractivity contribution in [2.45, 2.75) is 12.8 Å². The zero-order valence-corrected chi connectivity index (χ0v) is 5.59. The van der Waals surface area contributed by atoms with Gasteiger partial charge < -0.3 is 0 Å². The Morgan fingerprint density at radius 3 is 3.11 bits per heavy atom. The number of Topliss-reactive ketones (excluding diaryl/α,β-unsaturated/α-hetero) is 1. The Morgan fingerprint density at radius 2 is 2.33 bits per heavy atom. The van der Waals surface area contributed by atoms with Crippen LogP contribution in [0.15, 0.2) is 0 Å². The van der Waals surface area contributed by atoms with Crippen LogP contribution in [0.25, 0.3) is 0 Å². The molecule has 1 saturated heterocycles. The van der Waals surface area contributed by atoms with E-state index in [0.29, 0.717) is 25.2 Å². The molecule has 1 fully saturated rings. The predicted molar refractivity (Wildman–Crippen MR) is 32.8 cm³/mol. The normalized spacial score (nSPS) is 23.9. The average molecular weight is 129 g/mol. The van der Waals surface area contributed by atoms with Crippen molar-refractivity contribution in [3.05, 3.63) is 0 Å². The lowest BCUT2D eigenvalue weighted by Crippen LogP contribution is -2.17. The van der Waals surface area contributed by atoms with E-state index in [-0.39, 0.29) is 0 Å². The van der Waals surface area contributed by atoms with Gasteiger partial charge in [0, 0.05) is 26.4 Å². The van der Waals surface area contributed by atoms with Crippen molar-refractivity contribution in [1.29, 1.82) is 0 Å². The van der Waals surface area contributed by atoms with Crippen molar-refractivity contribution in [2.75, 3.05) is 20.2 Å². The standard InChI is InChI=1S/C6H11NO2/c1-7-4-2-6(8)3-5-9-7/h2-5H2,1H3. The Morgan fingerprint density at radius 1 is 1.56 bits per heavy atom. The molecular weight excluding hydrogens is 118 g/mol. The van der Waals surface area contributed by atoms with Gasteiger partial charge in [0.2, 0.25) is 0 Å². The summed E-state index contributed by atoms with van der Waals surface area (Å²) in [5, 5.41) is 1.71. The lowest BCUT2D eigenvalue weighted by Gasteiger charge is -2.10. The summed E-state index contributed by atoms with van der Waals surface area (Å²) in [7, 11) is 1.85. The fourth-order valence-electron chi connectivity index (χ4n) is 0.787. The topological polar surface area (TPSA) is 29.5 Å². The lowest BCUT2D eigenvalue weighted by molar-refractivity contribution is -0.131. The number of nitrogens with zero attached hydrogens (tertiary/aromatic N) is 1. The first kappa shape index (κ1) is 6.71. The smallest absolute Gasteiger partial charge is 0.136 e. The number of carbonyl (C=O) groups excluding carboxylic acids is 1. The minimum absolute atomic E-state index is 0.305. The minimum atomic E-state index is 0.305. The first-order valence-corrected chi connectivity index (χ1v) is 3.15. The molecule has 3 heteroatoms. The maximum absolute atomic E-state index is 10.7. The van der Waals surface area contributed by atoms with Crippen molar-refractivity contribution in [2.24, 2.45) is 0 Å². The van der Waals surface area contributed by atoms with E-state index in [9.17, 15) is 4.79 Å². The third-order valence-electron chi connectivity index (χ3n) is 1.40. The van der Waals surface area contributed by atoms with Crippen LogP contribution in [0.3, 0.4) is 0 Å². The third-order valence-corrected chi connectivity index (χ3v) is 1.40. The Hall–Kier alpha value is -0.410. The second-order valence-corrected chi connectivity index (χ2v) is 2.22. The fourth-order valence-corrected chi connectivity index (χ4v) is 0.787. The molecule has 1 heterocycles. The summed E-state index contributed by atoms with van der Waals surface area (Å²) in [4.78, 5) is 15.8. The average Bonchev–Trinajstić information content (AvgIpc) is 1.97. The second-order valence-electron chi connectivity index (χ2n) is 2.22. The largest absolute Gasteiger partial charge is 0.300 e. The van der Waals surface area contributed by atoms with Crippen molar-refractivity contribution < 1.29 is 9.63 Å². The van der Waals surface area contributed by atoms with Crippen LogP contribution in [0.4, 0.5) is 0 Å². The summed E-state index contributed by atoms with van der Waals surface area (Å²) in [6.07, 6.45) is 1.21. The molecule has 0 bridgehead atoms. The highest BCUT2D eigenvalue weighted by Gasteiger charge is 2.09. The van der Waals surface area contributed by atoms with Gasteiger partial charge in [-0.1, -0.05) is 0 Å². The zero-order chi connectivity index (χ0) is 6.69. The van der Waals surface area contributed by atoms with Gasteiger partial charge in [-0.2, -0.15) is 5.06 Å². The van der Waals surface area contributed by atoms with Crippen LogP contribution in [0.1, 0.15) is 12.8 Å². The van der Waals surface area contributed by atoms with E-state index in [1.807, 2.05) is 7.05 Å². The second kappa shape index (κ2) is 2.94. The number of carbonyl (C=O) groups is 1. The molecule has 0 unspecified atom stereocenters. The Kier molecular flexibility index (Phi) is 2.19. The quantitative estimate of drug-likeness (QED) is 0.468. The van der Waals surface area contributed by atoms with Gasteiger partial charge in [-0.3, -0.25) is 9.63 Å². The van der Waals surface area contributed by atoms with Gasteiger partial charge in [0.15, 0.2) is 0 Å². The van der Waals surface area contributed by atoms with Crippen LogP contribution in [0.5, 0.6) is 0 Å². The number of hydrogen-bond donors (Lipinski definition) is 0. The third kappa shape index (κ3) is 2.11. The maximum atomic E-state index is 10.7. The number of hydroxylamine groups is 2. The van der Waals surface area contributed by atoms with Crippen molar-refractivity contribution in [1.82, 2.24) is 5.06 Å². The number of rotatable bonds is 0. The zero-order valence-electron chi connectivity index (χ0n) is 5.59. The Bertz CT molecular complexity index is 114. The lowest BCUT2D eigenvalue weighted by atomic mass is 10.2. The molecule has 1 rings (SSSR count). The van der Waals surface area contributed by atoms with Crippen LogP contribution in [-0.4, -0.2) is 31.0 Å². The van der Waals surface area contributed by atoms with Crippen molar-refractivity contribution in [3.63, 3.8) is 0 Å². The van der Waals surface area contributed by atoms with E-state index in [4.69, 9.17) is 4.84 Å². The van der Waals surface area contributed by atoms with Gasteiger partial charge in [-0.05, 0) is 0 Å². The maximum Gasteiger partial charge on any atom is 0.136 e. The molecule has 0 saturated carbocycles. The van der Waals surface area contributed by atoms with Crippen molar-refractivity contribution >= 4 is 5.78 Å². The van der Waals surface area contributed by atoms with Crippen LogP contribution < -0.4 is 0 Å². The molecule has 0 atom stereocenters. The molecule has 3 nitrogen and oxygen atoms in total. The molecule has 0 radical (unpaired) electrons. The number of ketones is 1. The Labute approximate surface area is 54.5 Å². The fraction of sp³-hybridized carbons (Fsp3) is 0.833. The van der Waals surface area contributed by atoms with E-state index >= 15 is 0 Å². The van der Waals surface area contributed by atoms with Crippen LogP contribution in [0, 0.1) is 0 Å². The molecule has 1 aliphatic heterocycles. The summed E-state index contributed by atoms with van der Waals surface area (Å²) in [5.74, 6) is 0.305. The molecular formula is C6H11NO2. The number of hydrogen-bond acceptors (Lipinski definition) is 3. The van der Waals surface area contributed by atoms with Gasteiger partial charge in [-0.15, -0.1) is 0 Å². The molecule has 0 aromatic carbocycles. The van der Waals surface area contributed by atoms with Gasteiger partial charge in [0.05, 0.1) is 6.61 Å². The van der Waals surface area contributed by atoms with E-state index < -0.39 is 0 Å². The summed E-state index contributed by atoms with van der Waals surface area (Å²) >= 11 is 0. The van der Waals surface area contributed by atoms with Gasteiger partial charge in [-0.25, -0.2) is 0 Å². The summed E-state index contributed by atoms with van der Waals surface area (Å²) in [6, 6.07) is 0. The molecule has 0 spiro atoms. The van der Waals surface area contributed by atoms with E-state index in [1.165, 1.54) is 0 Å². The molecule has 0 aliphatic carbocycles. The molecule has 0 amide bonds. The Balaban J connectivity index is 2.34. The SMILES string of the molecule is CN1CCC(=O)CCO1. The summed E-state index contributed by atoms with van der Waals surface area (Å²) < 4.78 is 0. The minimum Gasteiger partial charge on any atom is -0.300 e. The summed E-state index contributed by atoms with van der Waals surface area (Å²) in [6.45, 7) is 1.29. The van der Waals surface area contributed by atoms with Crippen molar-refractivity contribution in [3.8, 4) is 0 Å². The first-order chi connectivity index (χ1) is 4.29. The van der Waals surface area contributed by atoms with E-state index in [2.05, 4.69) is 0 Å². The molecule has 0 N–H and O–H groups in total. The first-order valence-electron chi connectivity index (χ1n) is 3.15. The van der Waals surface area contributed by atoms with E-state index in [1.54, 1.807) is 5.06 Å². The predicted octanol–water partition coefficient (Wildman–Crippen LogP) is 0.213. The highest BCUT2D eigenvalue weighted by Crippen LogP contribution is 2.00. The molecule has 0 aromatic heterocycles. The van der Waals surface area contributed by atoms with Crippen LogP contribution >= 0.6 is 0 Å². The van der Waals surface area contributed by atoms with Gasteiger partial charge >= 0.3 is 0 Å². The van der Waals surface area contributed by atoms with Gasteiger partial charge in [0.1, 0.15) is 5.78 Å². The molecule has 52 valence electrons. The van der Waals surface area contributed by atoms with E-state index in [0.717, 1.165) is 6.54 Å². The molecule has 1 aliphatic rings. The monoisotopic (exact) mass is 129 g/mol. The van der Waals surface area contributed by atoms with Gasteiger partial charge in [0.25, 0.3) is 0 Å². The highest BCUT2D eigenvalue weighted by atomic mass is 16.7. The summed E-state index contributed by atoms with van der Waals surface area (Å²) in [5.41, 5.74) is 0. The highest BCUT2D eigenvalue weighted by molar-refractivity contribution is 5.78. The van der Waals surface area contributed by atoms with Crippen LogP contribution in [-0.2, 0) is 9.63 Å². The molecule has 9 heavy (non-hydrogen) atoms. The molecule has 0 aromatic rings.